The molecule has 0 aromatic heterocycles. The van der Waals surface area contributed by atoms with Crippen molar-refractivity contribution in [2.24, 2.45) is 0 Å². The summed E-state index contributed by atoms with van der Waals surface area (Å²) < 4.78 is 0.484. The van der Waals surface area contributed by atoms with E-state index in [1.165, 1.54) is 25.7 Å². The summed E-state index contributed by atoms with van der Waals surface area (Å²) in [6.07, 6.45) is 6.08. The van der Waals surface area contributed by atoms with Gasteiger partial charge >= 0.3 is 0 Å². The van der Waals surface area contributed by atoms with Crippen molar-refractivity contribution in [2.75, 3.05) is 0 Å². The second-order valence-corrected chi connectivity index (χ2v) is 10.4. The number of hydrogen-bond donors (Lipinski definition) is 0. The highest BCUT2D eigenvalue weighted by atomic mass is 79.9. The highest BCUT2D eigenvalue weighted by Gasteiger charge is 2.24. The van der Waals surface area contributed by atoms with Gasteiger partial charge in [-0.15, -0.1) is 0 Å². The van der Waals surface area contributed by atoms with Crippen molar-refractivity contribution in [2.45, 2.75) is 46.0 Å². The van der Waals surface area contributed by atoms with E-state index >= 15 is 0 Å². The van der Waals surface area contributed by atoms with Crippen molar-refractivity contribution in [3.63, 3.8) is 0 Å². The summed E-state index contributed by atoms with van der Waals surface area (Å²) in [5.41, 5.74) is 0. The van der Waals surface area contributed by atoms with Gasteiger partial charge in [-0.1, -0.05) is 89.9 Å². The van der Waals surface area contributed by atoms with Gasteiger partial charge in [0.2, 0.25) is 0 Å². The van der Waals surface area contributed by atoms with Crippen molar-refractivity contribution in [1.82, 2.24) is 0 Å². The van der Waals surface area contributed by atoms with Gasteiger partial charge in [0.1, 0.15) is 0 Å². The minimum absolute atomic E-state index is 0.104. The monoisotopic (exact) mass is 426 g/mol. The summed E-state index contributed by atoms with van der Waals surface area (Å²) in [6.45, 7) is 2.22. The number of unbranched alkanes of at least 4 members (excludes halogenated alkanes) is 2. The average Bonchev–Trinajstić information content (AvgIpc) is 1.84. The maximum atomic E-state index is 3.67. The van der Waals surface area contributed by atoms with Crippen LogP contribution < -0.4 is 0 Å². The molecule has 0 aromatic carbocycles. The molecule has 0 aliphatic rings. The van der Waals surface area contributed by atoms with Gasteiger partial charge in [0.25, 0.3) is 0 Å². The van der Waals surface area contributed by atoms with Crippen LogP contribution in [0, 0.1) is 0 Å². The molecule has 0 atom stereocenters. The molecule has 74 valence electrons. The van der Waals surface area contributed by atoms with Crippen LogP contribution in [0.2, 0.25) is 0 Å². The molecule has 0 fully saturated rings. The summed E-state index contributed by atoms with van der Waals surface area (Å²) in [5, 5.41) is 0. The van der Waals surface area contributed by atoms with E-state index in [-0.39, 0.29) is 3.23 Å². The lowest BCUT2D eigenvalue weighted by molar-refractivity contribution is 0.622. The van der Waals surface area contributed by atoms with Crippen LogP contribution in [0.1, 0.15) is 39.0 Å². The summed E-state index contributed by atoms with van der Waals surface area (Å²) >= 11 is 14.3. The van der Waals surface area contributed by atoms with E-state index in [4.69, 9.17) is 0 Å². The third-order valence-corrected chi connectivity index (χ3v) is 3.69. The summed E-state index contributed by atoms with van der Waals surface area (Å²) in [4.78, 5) is 0. The maximum absolute atomic E-state index is 3.67. The Morgan fingerprint density at radius 3 is 2.17 bits per heavy atom. The molecule has 0 aliphatic heterocycles. The van der Waals surface area contributed by atoms with Crippen molar-refractivity contribution < 1.29 is 0 Å². The first-order chi connectivity index (χ1) is 5.48. The molecule has 0 N–H and O–H groups in total. The van der Waals surface area contributed by atoms with E-state index in [2.05, 4.69) is 70.6 Å². The van der Waals surface area contributed by atoms with Crippen molar-refractivity contribution in [3.05, 3.63) is 0 Å². The second kappa shape index (κ2) is 7.24. The fraction of sp³-hybridized carbons (Fsp3) is 1.00. The Kier molecular flexibility index (Phi) is 8.40. The molecule has 4 heteroatoms. The Morgan fingerprint density at radius 1 is 1.17 bits per heavy atom. The highest BCUT2D eigenvalue weighted by molar-refractivity contribution is 9.26. The molecule has 0 nitrogen and oxygen atoms in total. The normalized spacial score (nSPS) is 12.5. The van der Waals surface area contributed by atoms with Crippen LogP contribution in [-0.2, 0) is 0 Å². The van der Waals surface area contributed by atoms with Crippen LogP contribution >= 0.6 is 63.7 Å². The number of hydrogen-bond acceptors (Lipinski definition) is 0. The highest BCUT2D eigenvalue weighted by Crippen LogP contribution is 2.39. The first kappa shape index (κ1) is 13.9. The minimum atomic E-state index is 0.104. The standard InChI is InChI=1S/C8H14Br4/c1-2-3-4-5-8(11,12)6-7(9)10/h7H,2-6H2,1H3. The molecule has 0 aromatic rings. The minimum Gasteiger partial charge on any atom is -0.0764 e. The third kappa shape index (κ3) is 8.52. The van der Waals surface area contributed by atoms with Crippen LogP contribution in [0.15, 0.2) is 0 Å². The van der Waals surface area contributed by atoms with E-state index in [1.807, 2.05) is 0 Å². The van der Waals surface area contributed by atoms with E-state index in [9.17, 15) is 0 Å². The summed E-state index contributed by atoms with van der Waals surface area (Å²) in [7, 11) is 0. The lowest BCUT2D eigenvalue weighted by Gasteiger charge is -2.20. The first-order valence-electron chi connectivity index (χ1n) is 4.14. The summed E-state index contributed by atoms with van der Waals surface area (Å²) in [5.74, 6) is 0. The number of rotatable bonds is 6. The number of alkyl halides is 4. The van der Waals surface area contributed by atoms with Gasteiger partial charge in [-0.05, 0) is 12.8 Å². The van der Waals surface area contributed by atoms with E-state index in [1.54, 1.807) is 0 Å². The molecule has 0 saturated carbocycles. The largest absolute Gasteiger partial charge is 0.0824 e. The van der Waals surface area contributed by atoms with Crippen LogP contribution in [0.5, 0.6) is 0 Å². The molecule has 0 spiro atoms. The Bertz CT molecular complexity index is 112. The molecule has 0 bridgehead atoms. The van der Waals surface area contributed by atoms with Gasteiger partial charge < -0.3 is 0 Å². The quantitative estimate of drug-likeness (QED) is 0.383. The fourth-order valence-corrected chi connectivity index (χ4v) is 5.01. The molecule has 0 rings (SSSR count). The van der Waals surface area contributed by atoms with Crippen LogP contribution in [-0.4, -0.2) is 6.97 Å². The molecular formula is C8H14Br4. The van der Waals surface area contributed by atoms with Crippen molar-refractivity contribution in [1.29, 1.82) is 0 Å². The third-order valence-electron chi connectivity index (χ3n) is 1.60. The zero-order valence-corrected chi connectivity index (χ0v) is 13.5. The molecule has 0 unspecified atom stereocenters. The zero-order valence-electron chi connectivity index (χ0n) is 7.12. The van der Waals surface area contributed by atoms with Crippen LogP contribution in [0.3, 0.4) is 0 Å². The lowest BCUT2D eigenvalue weighted by Crippen LogP contribution is -2.14. The molecule has 0 heterocycles. The van der Waals surface area contributed by atoms with Gasteiger partial charge in [0, 0.05) is 0 Å². The lowest BCUT2D eigenvalue weighted by atomic mass is 10.1. The van der Waals surface area contributed by atoms with Gasteiger partial charge in [-0.2, -0.15) is 0 Å². The predicted octanol–water partition coefficient (Wildman–Crippen LogP) is 5.56. The van der Waals surface area contributed by atoms with Gasteiger partial charge in [-0.3, -0.25) is 0 Å². The molecule has 12 heavy (non-hydrogen) atoms. The number of halogens is 4. The summed E-state index contributed by atoms with van der Waals surface area (Å²) in [6, 6.07) is 0. The predicted molar refractivity (Wildman–Crippen MR) is 71.0 cm³/mol. The topological polar surface area (TPSA) is 0 Å². The molecular weight excluding hydrogens is 416 g/mol. The Morgan fingerprint density at radius 2 is 1.75 bits per heavy atom. The Balaban J connectivity index is 3.56. The van der Waals surface area contributed by atoms with Crippen LogP contribution in [0.25, 0.3) is 0 Å². The van der Waals surface area contributed by atoms with Crippen molar-refractivity contribution in [3.8, 4) is 0 Å². The molecule has 0 radical (unpaired) electrons. The van der Waals surface area contributed by atoms with Gasteiger partial charge in [0.05, 0.1) is 6.97 Å². The van der Waals surface area contributed by atoms with Crippen molar-refractivity contribution >= 4 is 63.7 Å². The second-order valence-electron chi connectivity index (χ2n) is 2.91. The fourth-order valence-electron chi connectivity index (χ4n) is 0.961. The SMILES string of the molecule is CCCCCC(Br)(Br)CC(Br)Br. The molecule has 0 amide bonds. The zero-order chi connectivity index (χ0) is 9.61. The van der Waals surface area contributed by atoms with Crippen LogP contribution in [0.4, 0.5) is 0 Å². The van der Waals surface area contributed by atoms with Gasteiger partial charge in [-0.25, -0.2) is 0 Å². The molecule has 0 saturated heterocycles. The van der Waals surface area contributed by atoms with Gasteiger partial charge in [0.15, 0.2) is 0 Å². The smallest absolute Gasteiger partial charge is 0.0764 e. The average molecular weight is 430 g/mol. The first-order valence-corrected chi connectivity index (χ1v) is 7.55. The maximum Gasteiger partial charge on any atom is 0.0824 e. The Labute approximate surface area is 109 Å². The Hall–Kier alpha value is 1.92. The van der Waals surface area contributed by atoms with E-state index < -0.39 is 0 Å². The van der Waals surface area contributed by atoms with E-state index in [0.717, 1.165) is 6.42 Å². The molecule has 0 aliphatic carbocycles. The van der Waals surface area contributed by atoms with E-state index in [0.29, 0.717) is 3.74 Å².